The average Bonchev–Trinajstić information content (AvgIpc) is 1.85. The second-order valence-electron chi connectivity index (χ2n) is 2.40. The minimum atomic E-state index is -0.437. The lowest BCUT2D eigenvalue weighted by atomic mass is 10.1. The summed E-state index contributed by atoms with van der Waals surface area (Å²) in [5.74, 6) is -0.656. The number of ether oxygens (including phenoxy) is 1. The number of methoxy groups -OCH3 is 1. The smallest absolute Gasteiger partial charge is 0.306 e. The fourth-order valence-corrected chi connectivity index (χ4v) is 0.687. The first-order chi connectivity index (χ1) is 5.06. The van der Waals surface area contributed by atoms with Gasteiger partial charge in [-0.3, -0.25) is 14.9 Å². The molecule has 0 rings (SSSR count). The molecule has 0 aliphatic carbocycles. The van der Waals surface area contributed by atoms with E-state index in [0.29, 0.717) is 0 Å². The van der Waals surface area contributed by atoms with Gasteiger partial charge >= 0.3 is 5.97 Å². The van der Waals surface area contributed by atoms with Crippen molar-refractivity contribution < 1.29 is 14.5 Å². The Kier molecular flexibility index (Phi) is 4.17. The summed E-state index contributed by atoms with van der Waals surface area (Å²) < 4.78 is 4.34. The summed E-state index contributed by atoms with van der Waals surface area (Å²) in [6.07, 6.45) is 0.109. The van der Waals surface area contributed by atoms with E-state index >= 15 is 0 Å². The van der Waals surface area contributed by atoms with Gasteiger partial charge in [-0.25, -0.2) is 0 Å². The molecule has 0 spiro atoms. The van der Waals surface area contributed by atoms with E-state index in [0.717, 1.165) is 0 Å². The van der Waals surface area contributed by atoms with Crippen molar-refractivity contribution in [1.82, 2.24) is 0 Å². The van der Waals surface area contributed by atoms with Gasteiger partial charge in [0.25, 0.3) is 0 Å². The Morgan fingerprint density at radius 3 is 2.64 bits per heavy atom. The molecule has 0 aromatic carbocycles. The van der Waals surface area contributed by atoms with Crippen molar-refractivity contribution in [3.8, 4) is 0 Å². The van der Waals surface area contributed by atoms with E-state index in [-0.39, 0.29) is 18.9 Å². The number of nitro groups is 1. The van der Waals surface area contributed by atoms with Gasteiger partial charge in [-0.1, -0.05) is 6.92 Å². The first-order valence-corrected chi connectivity index (χ1v) is 3.25. The molecule has 64 valence electrons. The number of hydrogen-bond donors (Lipinski definition) is 0. The van der Waals surface area contributed by atoms with Crippen molar-refractivity contribution in [2.75, 3.05) is 13.7 Å². The Morgan fingerprint density at radius 2 is 2.27 bits per heavy atom. The highest BCUT2D eigenvalue weighted by Gasteiger charge is 2.13. The van der Waals surface area contributed by atoms with Gasteiger partial charge in [0.1, 0.15) is 0 Å². The van der Waals surface area contributed by atoms with Gasteiger partial charge in [0, 0.05) is 10.8 Å². The number of rotatable bonds is 4. The van der Waals surface area contributed by atoms with Crippen molar-refractivity contribution in [1.29, 1.82) is 0 Å². The summed E-state index contributed by atoms with van der Waals surface area (Å²) in [7, 11) is 1.27. The van der Waals surface area contributed by atoms with Crippen LogP contribution in [0.1, 0.15) is 13.3 Å². The van der Waals surface area contributed by atoms with E-state index < -0.39 is 10.9 Å². The molecule has 0 fully saturated rings. The van der Waals surface area contributed by atoms with Crippen LogP contribution in [0.3, 0.4) is 0 Å². The molecule has 0 aromatic heterocycles. The predicted molar refractivity (Wildman–Crippen MR) is 37.7 cm³/mol. The van der Waals surface area contributed by atoms with Crippen LogP contribution in [0.2, 0.25) is 0 Å². The number of hydrogen-bond acceptors (Lipinski definition) is 4. The fourth-order valence-electron chi connectivity index (χ4n) is 0.687. The SMILES string of the molecule is COC(=O)C[C@H](C)C[N+](=O)[O-]. The van der Waals surface area contributed by atoms with Crippen molar-refractivity contribution in [3.63, 3.8) is 0 Å². The monoisotopic (exact) mass is 161 g/mol. The van der Waals surface area contributed by atoms with Crippen molar-refractivity contribution >= 4 is 5.97 Å². The molecule has 0 bridgehead atoms. The molecule has 5 nitrogen and oxygen atoms in total. The van der Waals surface area contributed by atoms with Crippen LogP contribution in [0.4, 0.5) is 0 Å². The van der Waals surface area contributed by atoms with Gasteiger partial charge in [0.15, 0.2) is 0 Å². The van der Waals surface area contributed by atoms with E-state index in [1.807, 2.05) is 0 Å². The molecule has 0 N–H and O–H groups in total. The summed E-state index contributed by atoms with van der Waals surface area (Å²) in [6, 6.07) is 0. The number of esters is 1. The topological polar surface area (TPSA) is 69.4 Å². The zero-order valence-corrected chi connectivity index (χ0v) is 6.57. The maximum atomic E-state index is 10.6. The van der Waals surface area contributed by atoms with Crippen LogP contribution in [0.5, 0.6) is 0 Å². The summed E-state index contributed by atoms with van der Waals surface area (Å²) in [4.78, 5) is 20.1. The van der Waals surface area contributed by atoms with Crippen LogP contribution in [-0.4, -0.2) is 24.5 Å². The Bertz CT molecular complexity index is 157. The quantitative estimate of drug-likeness (QED) is 0.341. The van der Waals surface area contributed by atoms with E-state index in [1.54, 1.807) is 6.92 Å². The van der Waals surface area contributed by atoms with E-state index in [9.17, 15) is 14.9 Å². The van der Waals surface area contributed by atoms with Gasteiger partial charge in [-0.05, 0) is 0 Å². The summed E-state index contributed by atoms with van der Waals surface area (Å²) in [6.45, 7) is 1.45. The van der Waals surface area contributed by atoms with Gasteiger partial charge < -0.3 is 4.74 Å². The summed E-state index contributed by atoms with van der Waals surface area (Å²) in [5, 5.41) is 9.93. The number of carbonyl (C=O) groups is 1. The first-order valence-electron chi connectivity index (χ1n) is 3.25. The van der Waals surface area contributed by atoms with Gasteiger partial charge in [-0.15, -0.1) is 0 Å². The lowest BCUT2D eigenvalue weighted by Crippen LogP contribution is -2.15. The third-order valence-corrected chi connectivity index (χ3v) is 1.20. The minimum Gasteiger partial charge on any atom is -0.469 e. The Balaban J connectivity index is 3.60. The Morgan fingerprint density at radius 1 is 1.73 bits per heavy atom. The van der Waals surface area contributed by atoms with Crippen LogP contribution in [-0.2, 0) is 9.53 Å². The van der Waals surface area contributed by atoms with Gasteiger partial charge in [-0.2, -0.15) is 0 Å². The van der Waals surface area contributed by atoms with Crippen molar-refractivity contribution in [3.05, 3.63) is 10.1 Å². The average molecular weight is 161 g/mol. The zero-order valence-electron chi connectivity index (χ0n) is 6.57. The summed E-state index contributed by atoms with van der Waals surface area (Å²) >= 11 is 0. The van der Waals surface area contributed by atoms with Gasteiger partial charge in [0.05, 0.1) is 13.5 Å². The lowest BCUT2D eigenvalue weighted by molar-refractivity contribution is -0.487. The largest absolute Gasteiger partial charge is 0.469 e. The predicted octanol–water partition coefficient (Wildman–Crippen LogP) is 0.462. The second kappa shape index (κ2) is 4.65. The molecule has 0 unspecified atom stereocenters. The maximum Gasteiger partial charge on any atom is 0.306 e. The molecule has 0 aromatic rings. The van der Waals surface area contributed by atoms with Crippen LogP contribution in [0.15, 0.2) is 0 Å². The third kappa shape index (κ3) is 5.32. The molecular weight excluding hydrogens is 150 g/mol. The molecular formula is C6H11NO4. The molecule has 5 heteroatoms. The van der Waals surface area contributed by atoms with Crippen molar-refractivity contribution in [2.45, 2.75) is 13.3 Å². The number of nitrogens with zero attached hydrogens (tertiary/aromatic N) is 1. The lowest BCUT2D eigenvalue weighted by Gasteiger charge is -2.03. The molecule has 0 heterocycles. The van der Waals surface area contributed by atoms with E-state index in [1.165, 1.54) is 7.11 Å². The fraction of sp³-hybridized carbons (Fsp3) is 0.833. The Labute approximate surface area is 64.5 Å². The van der Waals surface area contributed by atoms with E-state index in [2.05, 4.69) is 4.74 Å². The van der Waals surface area contributed by atoms with Gasteiger partial charge in [0.2, 0.25) is 6.54 Å². The molecule has 1 atom stereocenters. The summed E-state index contributed by atoms with van der Waals surface area (Å²) in [5.41, 5.74) is 0. The highest BCUT2D eigenvalue weighted by atomic mass is 16.6. The van der Waals surface area contributed by atoms with Crippen LogP contribution >= 0.6 is 0 Å². The normalized spacial score (nSPS) is 12.2. The maximum absolute atomic E-state index is 10.6. The standard InChI is InChI=1S/C6H11NO4/c1-5(4-7(9)10)3-6(8)11-2/h5H,3-4H2,1-2H3/t5-/m0/s1. The molecule has 0 radical (unpaired) electrons. The van der Waals surface area contributed by atoms with Crippen molar-refractivity contribution in [2.24, 2.45) is 5.92 Å². The first kappa shape index (κ1) is 9.87. The number of carbonyl (C=O) groups excluding carboxylic acids is 1. The van der Waals surface area contributed by atoms with Crippen LogP contribution in [0.25, 0.3) is 0 Å². The molecule has 0 saturated carbocycles. The molecule has 0 aliphatic heterocycles. The second-order valence-corrected chi connectivity index (χ2v) is 2.40. The molecule has 11 heavy (non-hydrogen) atoms. The highest BCUT2D eigenvalue weighted by Crippen LogP contribution is 2.02. The van der Waals surface area contributed by atoms with Crippen LogP contribution < -0.4 is 0 Å². The van der Waals surface area contributed by atoms with E-state index in [4.69, 9.17) is 0 Å². The Hall–Kier alpha value is -1.13. The highest BCUT2D eigenvalue weighted by molar-refractivity contribution is 5.69. The molecule has 0 saturated heterocycles. The zero-order chi connectivity index (χ0) is 8.85. The van der Waals surface area contributed by atoms with Crippen LogP contribution in [0, 0.1) is 16.0 Å². The third-order valence-electron chi connectivity index (χ3n) is 1.20. The molecule has 0 aliphatic rings. The molecule has 0 amide bonds. The minimum absolute atomic E-state index is 0.109.